The van der Waals surface area contributed by atoms with Crippen LogP contribution in [-0.2, 0) is 13.1 Å². The molecule has 1 amide bonds. The normalized spacial score (nSPS) is 11.0. The summed E-state index contributed by atoms with van der Waals surface area (Å²) in [5.41, 5.74) is 7.57. The van der Waals surface area contributed by atoms with Crippen LogP contribution in [0.4, 0.5) is 5.95 Å². The summed E-state index contributed by atoms with van der Waals surface area (Å²) in [7, 11) is 0. The van der Waals surface area contributed by atoms with Gasteiger partial charge in [-0.25, -0.2) is 9.97 Å². The number of nitrogens with one attached hydrogen (secondary N) is 1. The second-order valence-corrected chi connectivity index (χ2v) is 4.74. The molecule has 0 aromatic carbocycles. The molecule has 0 bridgehead atoms. The van der Waals surface area contributed by atoms with Crippen molar-refractivity contribution in [2.45, 2.75) is 20.0 Å². The molecule has 3 rings (SSSR count). The first kappa shape index (κ1) is 14.0. The average Bonchev–Trinajstić information content (AvgIpc) is 3.12. The number of carbonyl (C=O) groups is 1. The fourth-order valence-electron chi connectivity index (χ4n) is 2.20. The highest BCUT2D eigenvalue weighted by molar-refractivity contribution is 5.96. The summed E-state index contributed by atoms with van der Waals surface area (Å²) in [5, 5.41) is 10.2. The number of pyridine rings is 1. The standard InChI is InChI=1S/C13H16N8O/c1-2-21-11-10(19-13(21)14)5-9(6-16-11)12(22)15-3-4-20-7-17-18-8-20/h5-8H,2-4H2,1H3,(H2,14,19)(H,15,22). The topological polar surface area (TPSA) is 117 Å². The Labute approximate surface area is 126 Å². The van der Waals surface area contributed by atoms with Crippen LogP contribution in [0.3, 0.4) is 0 Å². The molecule has 0 spiro atoms. The van der Waals surface area contributed by atoms with Crippen molar-refractivity contribution in [3.05, 3.63) is 30.5 Å². The first-order valence-corrected chi connectivity index (χ1v) is 6.91. The molecule has 3 aromatic heterocycles. The molecule has 0 radical (unpaired) electrons. The van der Waals surface area contributed by atoms with Crippen molar-refractivity contribution < 1.29 is 4.79 Å². The van der Waals surface area contributed by atoms with Crippen LogP contribution in [0.1, 0.15) is 17.3 Å². The van der Waals surface area contributed by atoms with Gasteiger partial charge in [0.15, 0.2) is 5.65 Å². The lowest BCUT2D eigenvalue weighted by Crippen LogP contribution is -2.27. The molecule has 9 nitrogen and oxygen atoms in total. The Bertz CT molecular complexity index is 792. The first-order valence-electron chi connectivity index (χ1n) is 6.91. The van der Waals surface area contributed by atoms with Crippen molar-refractivity contribution in [3.8, 4) is 0 Å². The van der Waals surface area contributed by atoms with Crippen LogP contribution in [0.2, 0.25) is 0 Å². The van der Waals surface area contributed by atoms with E-state index in [1.165, 1.54) is 6.20 Å². The number of amides is 1. The van der Waals surface area contributed by atoms with E-state index in [0.717, 1.165) is 0 Å². The maximum Gasteiger partial charge on any atom is 0.252 e. The molecule has 0 saturated carbocycles. The lowest BCUT2D eigenvalue weighted by Gasteiger charge is -2.05. The van der Waals surface area contributed by atoms with Gasteiger partial charge in [-0.05, 0) is 13.0 Å². The minimum absolute atomic E-state index is 0.202. The maximum absolute atomic E-state index is 12.1. The molecule has 9 heteroatoms. The second kappa shape index (κ2) is 5.80. The minimum atomic E-state index is -0.202. The van der Waals surface area contributed by atoms with E-state index in [9.17, 15) is 4.79 Å². The van der Waals surface area contributed by atoms with Crippen LogP contribution in [0.15, 0.2) is 24.9 Å². The smallest absolute Gasteiger partial charge is 0.252 e. The monoisotopic (exact) mass is 300 g/mol. The van der Waals surface area contributed by atoms with Crippen molar-refractivity contribution in [1.29, 1.82) is 0 Å². The predicted molar refractivity (Wildman–Crippen MR) is 80.0 cm³/mol. The molecular formula is C13H16N8O. The number of rotatable bonds is 5. The molecule has 22 heavy (non-hydrogen) atoms. The van der Waals surface area contributed by atoms with Crippen LogP contribution < -0.4 is 11.1 Å². The van der Waals surface area contributed by atoms with E-state index in [2.05, 4.69) is 25.5 Å². The number of aryl methyl sites for hydroxylation is 1. The van der Waals surface area contributed by atoms with Gasteiger partial charge in [0, 0.05) is 25.8 Å². The van der Waals surface area contributed by atoms with E-state index in [-0.39, 0.29) is 5.91 Å². The molecule has 114 valence electrons. The fourth-order valence-corrected chi connectivity index (χ4v) is 2.20. The van der Waals surface area contributed by atoms with Crippen molar-refractivity contribution in [3.63, 3.8) is 0 Å². The molecule has 3 heterocycles. The number of aromatic nitrogens is 6. The number of nitrogens with zero attached hydrogens (tertiary/aromatic N) is 6. The molecule has 0 saturated heterocycles. The number of nitrogen functional groups attached to an aromatic ring is 1. The van der Waals surface area contributed by atoms with Gasteiger partial charge in [-0.2, -0.15) is 0 Å². The Morgan fingerprint density at radius 2 is 2.14 bits per heavy atom. The highest BCUT2D eigenvalue weighted by Gasteiger charge is 2.12. The van der Waals surface area contributed by atoms with Gasteiger partial charge in [-0.3, -0.25) is 9.36 Å². The third kappa shape index (κ3) is 2.60. The summed E-state index contributed by atoms with van der Waals surface area (Å²) >= 11 is 0. The van der Waals surface area contributed by atoms with E-state index in [1.807, 2.05) is 6.92 Å². The van der Waals surface area contributed by atoms with Crippen molar-refractivity contribution in [1.82, 2.24) is 34.6 Å². The molecule has 0 fully saturated rings. The Morgan fingerprint density at radius 3 is 2.86 bits per heavy atom. The van der Waals surface area contributed by atoms with Gasteiger partial charge in [0.25, 0.3) is 5.91 Å². The third-order valence-electron chi connectivity index (χ3n) is 3.32. The Morgan fingerprint density at radius 1 is 1.36 bits per heavy atom. The van der Waals surface area contributed by atoms with Gasteiger partial charge in [0.05, 0.1) is 5.56 Å². The zero-order chi connectivity index (χ0) is 15.5. The Balaban J connectivity index is 1.71. The summed E-state index contributed by atoms with van der Waals surface area (Å²) in [6.45, 7) is 3.72. The van der Waals surface area contributed by atoms with Gasteiger partial charge in [-0.15, -0.1) is 10.2 Å². The Hall–Kier alpha value is -2.97. The maximum atomic E-state index is 12.1. The van der Waals surface area contributed by atoms with Crippen LogP contribution in [0, 0.1) is 0 Å². The fraction of sp³-hybridized carbons (Fsp3) is 0.308. The van der Waals surface area contributed by atoms with Crippen molar-refractivity contribution in [2.24, 2.45) is 0 Å². The van der Waals surface area contributed by atoms with E-state index < -0.39 is 0 Å². The summed E-state index contributed by atoms with van der Waals surface area (Å²) in [6.07, 6.45) is 4.73. The average molecular weight is 300 g/mol. The summed E-state index contributed by atoms with van der Waals surface area (Å²) in [4.78, 5) is 20.6. The molecule has 0 atom stereocenters. The van der Waals surface area contributed by atoms with Crippen LogP contribution in [-0.4, -0.2) is 41.8 Å². The second-order valence-electron chi connectivity index (χ2n) is 4.74. The zero-order valence-corrected chi connectivity index (χ0v) is 12.1. The molecule has 0 aliphatic carbocycles. The third-order valence-corrected chi connectivity index (χ3v) is 3.32. The summed E-state index contributed by atoms with van der Waals surface area (Å²) < 4.78 is 3.58. The number of fused-ring (bicyclic) bond motifs is 1. The number of carbonyl (C=O) groups excluding carboxylic acids is 1. The molecule has 0 aliphatic rings. The molecule has 0 unspecified atom stereocenters. The lowest BCUT2D eigenvalue weighted by atomic mass is 10.2. The quantitative estimate of drug-likeness (QED) is 0.688. The summed E-state index contributed by atoms with van der Waals surface area (Å²) in [5.74, 6) is 0.197. The lowest BCUT2D eigenvalue weighted by molar-refractivity contribution is 0.0952. The van der Waals surface area contributed by atoms with E-state index in [0.29, 0.717) is 42.3 Å². The molecular weight excluding hydrogens is 284 g/mol. The van der Waals surface area contributed by atoms with E-state index in [4.69, 9.17) is 5.73 Å². The van der Waals surface area contributed by atoms with Crippen LogP contribution in [0.5, 0.6) is 0 Å². The SMILES string of the molecule is CCn1c(N)nc2cc(C(=O)NCCn3cnnc3)cnc21. The van der Waals surface area contributed by atoms with E-state index >= 15 is 0 Å². The van der Waals surface area contributed by atoms with Gasteiger partial charge in [0.1, 0.15) is 18.2 Å². The summed E-state index contributed by atoms with van der Waals surface area (Å²) in [6, 6.07) is 1.69. The van der Waals surface area contributed by atoms with Crippen molar-refractivity contribution >= 4 is 23.0 Å². The molecule has 3 aromatic rings. The number of hydrogen-bond donors (Lipinski definition) is 2. The number of imidazole rings is 1. The van der Waals surface area contributed by atoms with Crippen LogP contribution in [0.25, 0.3) is 11.2 Å². The largest absolute Gasteiger partial charge is 0.369 e. The van der Waals surface area contributed by atoms with Gasteiger partial charge in [-0.1, -0.05) is 0 Å². The number of nitrogens with two attached hydrogens (primary N) is 1. The minimum Gasteiger partial charge on any atom is -0.369 e. The van der Waals surface area contributed by atoms with Gasteiger partial charge in [0.2, 0.25) is 5.95 Å². The first-order chi connectivity index (χ1) is 10.7. The zero-order valence-electron chi connectivity index (χ0n) is 12.1. The molecule has 3 N–H and O–H groups in total. The molecule has 0 aliphatic heterocycles. The van der Waals surface area contributed by atoms with E-state index in [1.54, 1.807) is 27.9 Å². The van der Waals surface area contributed by atoms with Crippen molar-refractivity contribution in [2.75, 3.05) is 12.3 Å². The highest BCUT2D eigenvalue weighted by atomic mass is 16.1. The number of anilines is 1. The van der Waals surface area contributed by atoms with Gasteiger partial charge < -0.3 is 15.6 Å². The predicted octanol–water partition coefficient (Wildman–Crippen LogP) is 0.0549. The number of hydrogen-bond acceptors (Lipinski definition) is 6. The Kier molecular flexibility index (Phi) is 3.69. The highest BCUT2D eigenvalue weighted by Crippen LogP contribution is 2.16. The van der Waals surface area contributed by atoms with Gasteiger partial charge >= 0.3 is 0 Å². The van der Waals surface area contributed by atoms with Crippen LogP contribution >= 0.6 is 0 Å².